The fourth-order valence-electron chi connectivity index (χ4n) is 2.63. The van der Waals surface area contributed by atoms with Gasteiger partial charge in [0.15, 0.2) is 0 Å². The first-order valence-corrected chi connectivity index (χ1v) is 6.00. The first kappa shape index (κ1) is 11.7. The number of benzene rings is 1. The molecule has 96 valence electrons. The zero-order valence-corrected chi connectivity index (χ0v) is 10.0. The maximum Gasteiger partial charge on any atom is 0.321 e. The standard InChI is InChI=1S/C14H12N2O3/c17-6-5-11-13-9(7-12(15-11)14(18)19)8-3-1-2-4-10(8)16-13/h1-5,11-12,15-16H,7H2,(H,18,19)/t11-,12?/m1/s1. The first-order chi connectivity index (χ1) is 9.20. The molecule has 3 rings (SSSR count). The Morgan fingerprint density at radius 3 is 2.95 bits per heavy atom. The molecule has 0 saturated carbocycles. The number of carbonyl (C=O) groups is 1. The van der Waals surface area contributed by atoms with E-state index in [0.717, 1.165) is 22.2 Å². The second-order valence-electron chi connectivity index (χ2n) is 4.59. The van der Waals surface area contributed by atoms with Crippen LogP contribution in [0.25, 0.3) is 10.9 Å². The molecule has 0 bridgehead atoms. The molecule has 1 aromatic heterocycles. The smallest absolute Gasteiger partial charge is 0.321 e. The van der Waals surface area contributed by atoms with Crippen molar-refractivity contribution in [3.63, 3.8) is 0 Å². The Balaban J connectivity index is 2.19. The Labute approximate surface area is 108 Å². The molecule has 19 heavy (non-hydrogen) atoms. The summed E-state index contributed by atoms with van der Waals surface area (Å²) in [7, 11) is 0. The number of hydrogen-bond acceptors (Lipinski definition) is 3. The Bertz CT molecular complexity index is 698. The average Bonchev–Trinajstić information content (AvgIpc) is 2.78. The van der Waals surface area contributed by atoms with Crippen LogP contribution in [-0.2, 0) is 16.0 Å². The second-order valence-corrected chi connectivity index (χ2v) is 4.59. The summed E-state index contributed by atoms with van der Waals surface area (Å²) >= 11 is 0. The van der Waals surface area contributed by atoms with Crippen molar-refractivity contribution >= 4 is 22.8 Å². The maximum absolute atomic E-state index is 11.2. The number of nitrogens with one attached hydrogen (secondary N) is 2. The minimum Gasteiger partial charge on any atom is -0.480 e. The van der Waals surface area contributed by atoms with E-state index in [0.29, 0.717) is 6.42 Å². The number of aliphatic carboxylic acids is 1. The van der Waals surface area contributed by atoms with Crippen molar-refractivity contribution in [3.05, 3.63) is 41.6 Å². The molecule has 5 nitrogen and oxygen atoms in total. The lowest BCUT2D eigenvalue weighted by Crippen LogP contribution is -2.44. The minimum atomic E-state index is -0.916. The van der Waals surface area contributed by atoms with Gasteiger partial charge in [-0.25, -0.2) is 4.79 Å². The van der Waals surface area contributed by atoms with Crippen LogP contribution in [-0.4, -0.2) is 28.0 Å². The lowest BCUT2D eigenvalue weighted by atomic mass is 9.94. The fraction of sp³-hybridized carbons (Fsp3) is 0.214. The number of aromatic amines is 1. The van der Waals surface area contributed by atoms with E-state index in [-0.39, 0.29) is 0 Å². The highest BCUT2D eigenvalue weighted by Gasteiger charge is 2.31. The van der Waals surface area contributed by atoms with Gasteiger partial charge in [0.05, 0.1) is 6.04 Å². The Morgan fingerprint density at radius 2 is 2.21 bits per heavy atom. The van der Waals surface area contributed by atoms with Crippen LogP contribution < -0.4 is 5.32 Å². The molecule has 2 aromatic rings. The minimum absolute atomic E-state index is 0.401. The van der Waals surface area contributed by atoms with Crippen molar-refractivity contribution in [2.75, 3.05) is 0 Å². The summed E-state index contributed by atoms with van der Waals surface area (Å²) in [6.45, 7) is 0. The zero-order valence-electron chi connectivity index (χ0n) is 10.0. The molecule has 2 heterocycles. The largest absolute Gasteiger partial charge is 0.480 e. The predicted octanol–water partition coefficient (Wildman–Crippen LogP) is 1.20. The van der Waals surface area contributed by atoms with Crippen LogP contribution >= 0.6 is 0 Å². The molecule has 1 aliphatic rings. The molecular weight excluding hydrogens is 244 g/mol. The van der Waals surface area contributed by atoms with Crippen molar-refractivity contribution in [2.24, 2.45) is 0 Å². The number of carboxylic acid groups (broad SMARTS) is 1. The summed E-state index contributed by atoms with van der Waals surface area (Å²) in [4.78, 5) is 25.0. The Hall–Kier alpha value is -2.36. The summed E-state index contributed by atoms with van der Waals surface area (Å²) in [5.74, 6) is 0.815. The third kappa shape index (κ3) is 1.85. The van der Waals surface area contributed by atoms with Crippen molar-refractivity contribution in [3.8, 4) is 0 Å². The van der Waals surface area contributed by atoms with Gasteiger partial charge in [0.2, 0.25) is 0 Å². The van der Waals surface area contributed by atoms with Crippen LogP contribution in [0.15, 0.2) is 30.3 Å². The van der Waals surface area contributed by atoms with Gasteiger partial charge < -0.3 is 10.1 Å². The maximum atomic E-state index is 11.2. The predicted molar refractivity (Wildman–Crippen MR) is 69.6 cm³/mol. The summed E-state index contributed by atoms with van der Waals surface area (Å²) in [5, 5.41) is 13.1. The van der Waals surface area contributed by atoms with Gasteiger partial charge in [-0.3, -0.25) is 10.1 Å². The molecule has 5 heteroatoms. The van der Waals surface area contributed by atoms with Crippen LogP contribution in [0, 0.1) is 0 Å². The number of carbonyl (C=O) groups excluding carboxylic acids is 1. The lowest BCUT2D eigenvalue weighted by Gasteiger charge is -2.26. The van der Waals surface area contributed by atoms with Gasteiger partial charge in [-0.15, -0.1) is 0 Å². The highest BCUT2D eigenvalue weighted by Crippen LogP contribution is 2.32. The zero-order chi connectivity index (χ0) is 13.4. The van der Waals surface area contributed by atoms with Crippen molar-refractivity contribution < 1.29 is 14.7 Å². The van der Waals surface area contributed by atoms with E-state index in [2.05, 4.69) is 10.3 Å². The van der Waals surface area contributed by atoms with E-state index in [4.69, 9.17) is 0 Å². The highest BCUT2D eigenvalue weighted by atomic mass is 16.4. The highest BCUT2D eigenvalue weighted by molar-refractivity contribution is 5.87. The monoisotopic (exact) mass is 256 g/mol. The molecule has 1 unspecified atom stereocenters. The summed E-state index contributed by atoms with van der Waals surface area (Å²) in [6, 6.07) is 6.59. The first-order valence-electron chi connectivity index (χ1n) is 6.00. The van der Waals surface area contributed by atoms with Gasteiger partial charge in [0, 0.05) is 29.1 Å². The van der Waals surface area contributed by atoms with Crippen LogP contribution in [0.3, 0.4) is 0 Å². The third-order valence-corrected chi connectivity index (χ3v) is 3.48. The number of aromatic nitrogens is 1. The molecule has 0 fully saturated rings. The van der Waals surface area contributed by atoms with E-state index in [1.54, 1.807) is 5.94 Å². The van der Waals surface area contributed by atoms with E-state index < -0.39 is 18.1 Å². The molecule has 0 amide bonds. The van der Waals surface area contributed by atoms with Gasteiger partial charge in [0.1, 0.15) is 12.0 Å². The SMILES string of the molecule is O=C=C[C@H]1NC(C(=O)O)Cc2c1[nH]c1ccccc21. The van der Waals surface area contributed by atoms with E-state index in [1.807, 2.05) is 24.3 Å². The number of H-pyrrole nitrogens is 1. The molecule has 1 aliphatic heterocycles. The van der Waals surface area contributed by atoms with Crippen molar-refractivity contribution in [1.29, 1.82) is 0 Å². The third-order valence-electron chi connectivity index (χ3n) is 3.48. The van der Waals surface area contributed by atoms with Crippen LogP contribution in [0.1, 0.15) is 17.3 Å². The Morgan fingerprint density at radius 1 is 1.42 bits per heavy atom. The second kappa shape index (κ2) is 4.39. The van der Waals surface area contributed by atoms with Crippen LogP contribution in [0.2, 0.25) is 0 Å². The quantitative estimate of drug-likeness (QED) is 0.705. The number of carboxylic acids is 1. The van der Waals surface area contributed by atoms with E-state index in [9.17, 15) is 14.7 Å². The molecule has 3 N–H and O–H groups in total. The lowest BCUT2D eigenvalue weighted by molar-refractivity contribution is -0.139. The van der Waals surface area contributed by atoms with Gasteiger partial charge in [-0.1, -0.05) is 18.2 Å². The number of fused-ring (bicyclic) bond motifs is 3. The number of hydrogen-bond donors (Lipinski definition) is 3. The normalized spacial score (nSPS) is 21.7. The van der Waals surface area contributed by atoms with Crippen LogP contribution in [0.5, 0.6) is 0 Å². The summed E-state index contributed by atoms with van der Waals surface area (Å²) in [5.41, 5.74) is 2.75. The number of para-hydroxylation sites is 1. The van der Waals surface area contributed by atoms with E-state index >= 15 is 0 Å². The summed E-state index contributed by atoms with van der Waals surface area (Å²) < 4.78 is 0. The number of rotatable bonds is 2. The molecular formula is C14H12N2O3. The van der Waals surface area contributed by atoms with E-state index in [1.165, 1.54) is 6.08 Å². The molecule has 0 aliphatic carbocycles. The fourth-order valence-corrected chi connectivity index (χ4v) is 2.63. The molecule has 2 atom stereocenters. The molecule has 1 aromatic carbocycles. The van der Waals surface area contributed by atoms with Crippen molar-refractivity contribution in [2.45, 2.75) is 18.5 Å². The van der Waals surface area contributed by atoms with Crippen molar-refractivity contribution in [1.82, 2.24) is 10.3 Å². The van der Waals surface area contributed by atoms with Gasteiger partial charge in [0.25, 0.3) is 0 Å². The van der Waals surface area contributed by atoms with Gasteiger partial charge in [-0.05, 0) is 11.6 Å². The van der Waals surface area contributed by atoms with Gasteiger partial charge >= 0.3 is 5.97 Å². The van der Waals surface area contributed by atoms with Crippen LogP contribution in [0.4, 0.5) is 0 Å². The average molecular weight is 256 g/mol. The molecule has 0 radical (unpaired) electrons. The Kier molecular flexibility index (Phi) is 2.71. The topological polar surface area (TPSA) is 82.2 Å². The molecule has 0 saturated heterocycles. The summed E-state index contributed by atoms with van der Waals surface area (Å²) in [6.07, 6.45) is 1.71. The molecule has 0 spiro atoms. The van der Waals surface area contributed by atoms with Gasteiger partial charge in [-0.2, -0.15) is 0 Å².